The number of nitrogens with zero attached hydrogens (tertiary/aromatic N) is 7. The number of hydrogen-bond acceptors (Lipinski definition) is 11. The highest BCUT2D eigenvalue weighted by molar-refractivity contribution is 9.10. The largest absolute Gasteiger partial charge is 0.431 e. The fraction of sp³-hybridized carbons (Fsp3) is 0.154. The lowest BCUT2D eigenvalue weighted by atomic mass is 10.2. The van der Waals surface area contributed by atoms with E-state index in [0.717, 1.165) is 0 Å². The molecule has 2 aromatic heterocycles. The number of rotatable bonds is 6. The van der Waals surface area contributed by atoms with Crippen LogP contribution in [0, 0.1) is 0 Å². The Morgan fingerprint density at radius 2 is 1.49 bits per heavy atom. The summed E-state index contributed by atoms with van der Waals surface area (Å²) in [7, 11) is 3.45. The van der Waals surface area contributed by atoms with Gasteiger partial charge >= 0.3 is 0 Å². The number of carbonyl (C=O) groups is 1. The van der Waals surface area contributed by atoms with Crippen molar-refractivity contribution in [3.8, 4) is 5.75 Å². The summed E-state index contributed by atoms with van der Waals surface area (Å²) in [6.07, 6.45) is 7.02. The van der Waals surface area contributed by atoms with Crippen LogP contribution >= 0.6 is 85.9 Å². The van der Waals surface area contributed by atoms with Gasteiger partial charge in [-0.25, -0.2) is 20.0 Å². The zero-order valence-electron chi connectivity index (χ0n) is 22.8. The van der Waals surface area contributed by atoms with Gasteiger partial charge in [-0.1, -0.05) is 82.1 Å². The summed E-state index contributed by atoms with van der Waals surface area (Å²) in [5.74, 6) is 1.53. The standard InChI is InChI=1S/C13H11BrCl2N4OS.C13H10Cl2N4OS/c1-20(11-7(14)6-17-13(18-11)22-2)19-12(21)10-8(15)4-3-5-9(10)16;1-19-11-9(6-16-13(17-11)21-2)20-12(18-19)10-7(14)4-3-5-8(10)15/h3-6H,1-2H3,(H,19,21);3-6H,1-2H3. The summed E-state index contributed by atoms with van der Waals surface area (Å²) in [6, 6.07) is 10.1. The van der Waals surface area contributed by atoms with Crippen molar-refractivity contribution in [2.45, 2.75) is 10.3 Å². The lowest BCUT2D eigenvalue weighted by molar-refractivity contribution is 0.0951. The van der Waals surface area contributed by atoms with Gasteiger partial charge in [-0.15, -0.1) is 5.10 Å². The first-order valence-electron chi connectivity index (χ1n) is 11.9. The number of amides is 1. The predicted molar refractivity (Wildman–Crippen MR) is 180 cm³/mol. The maximum Gasteiger partial charge on any atom is 0.272 e. The Balaban J connectivity index is 0.000000197. The normalized spacial score (nSPS) is 11.9. The molecule has 1 N–H and O–H groups in total. The number of hydrogen-bond donors (Lipinski definition) is 1. The second-order valence-corrected chi connectivity index (χ2v) is 12.3. The van der Waals surface area contributed by atoms with Gasteiger partial charge in [0.1, 0.15) is 0 Å². The van der Waals surface area contributed by atoms with Crippen LogP contribution in [0.2, 0.25) is 20.1 Å². The maximum atomic E-state index is 12.4. The molecule has 0 bridgehead atoms. The summed E-state index contributed by atoms with van der Waals surface area (Å²) < 4.78 is 6.41. The van der Waals surface area contributed by atoms with Crippen LogP contribution in [0.15, 0.2) is 68.7 Å². The number of fused-ring (bicyclic) bond motifs is 1. The summed E-state index contributed by atoms with van der Waals surface area (Å²) in [4.78, 5) is 29.4. The van der Waals surface area contributed by atoms with Gasteiger partial charge in [0.25, 0.3) is 5.91 Å². The Labute approximate surface area is 284 Å². The van der Waals surface area contributed by atoms with Crippen LogP contribution in [0.3, 0.4) is 0 Å². The number of hydrazine groups is 1. The second kappa shape index (κ2) is 15.0. The first kappa shape index (κ1) is 33.4. The molecule has 1 aliphatic rings. The molecule has 0 saturated heterocycles. The molecule has 5 rings (SSSR count). The van der Waals surface area contributed by atoms with E-state index in [1.807, 2.05) is 12.5 Å². The van der Waals surface area contributed by atoms with E-state index in [1.54, 1.807) is 67.9 Å². The van der Waals surface area contributed by atoms with Crippen LogP contribution in [0.25, 0.3) is 0 Å². The van der Waals surface area contributed by atoms with Crippen molar-refractivity contribution >= 4 is 109 Å². The molecule has 4 aromatic rings. The van der Waals surface area contributed by atoms with Gasteiger partial charge in [-0.05, 0) is 52.7 Å². The number of carbonyl (C=O) groups excluding carboxylic acids is 1. The van der Waals surface area contributed by atoms with Crippen LogP contribution in [-0.4, -0.2) is 58.3 Å². The molecule has 0 radical (unpaired) electrons. The minimum Gasteiger partial charge on any atom is -0.431 e. The molecule has 0 fully saturated rings. The summed E-state index contributed by atoms with van der Waals surface area (Å²) in [5.41, 5.74) is 3.45. The van der Waals surface area contributed by atoms with Gasteiger partial charge in [0.15, 0.2) is 27.7 Å². The zero-order chi connectivity index (χ0) is 31.3. The lowest BCUT2D eigenvalue weighted by Crippen LogP contribution is -2.40. The van der Waals surface area contributed by atoms with Crippen molar-refractivity contribution in [2.24, 2.45) is 5.10 Å². The minimum atomic E-state index is -0.422. The number of benzene rings is 2. The molecule has 1 amide bonds. The highest BCUT2D eigenvalue weighted by Crippen LogP contribution is 2.34. The highest BCUT2D eigenvalue weighted by atomic mass is 79.9. The molecule has 2 aromatic carbocycles. The molecule has 224 valence electrons. The Morgan fingerprint density at radius 3 is 2.09 bits per heavy atom. The second-order valence-electron chi connectivity index (χ2n) is 8.30. The van der Waals surface area contributed by atoms with Gasteiger partial charge in [0, 0.05) is 20.3 Å². The van der Waals surface area contributed by atoms with E-state index in [-0.39, 0.29) is 15.6 Å². The molecule has 3 heterocycles. The van der Waals surface area contributed by atoms with Crippen LogP contribution < -0.4 is 20.2 Å². The average Bonchev–Trinajstić information content (AvgIpc) is 2.97. The first-order chi connectivity index (χ1) is 20.5. The minimum absolute atomic E-state index is 0.216. The number of nitrogens with one attached hydrogen (secondary N) is 1. The van der Waals surface area contributed by atoms with E-state index in [1.165, 1.54) is 28.5 Å². The van der Waals surface area contributed by atoms with Crippen LogP contribution in [0.5, 0.6) is 5.75 Å². The van der Waals surface area contributed by atoms with Gasteiger partial charge in [-0.2, -0.15) is 4.98 Å². The number of aromatic nitrogens is 4. The Kier molecular flexibility index (Phi) is 11.6. The fourth-order valence-corrected chi connectivity index (χ4v) is 5.77. The lowest BCUT2D eigenvalue weighted by Gasteiger charge is -2.23. The van der Waals surface area contributed by atoms with Crippen LogP contribution in [0.1, 0.15) is 15.9 Å². The van der Waals surface area contributed by atoms with E-state index >= 15 is 0 Å². The maximum absolute atomic E-state index is 12.4. The van der Waals surface area contributed by atoms with Crippen molar-refractivity contribution in [2.75, 3.05) is 36.6 Å². The van der Waals surface area contributed by atoms with Crippen molar-refractivity contribution in [3.63, 3.8) is 0 Å². The van der Waals surface area contributed by atoms with E-state index < -0.39 is 5.91 Å². The van der Waals surface area contributed by atoms with E-state index in [9.17, 15) is 4.79 Å². The molecule has 43 heavy (non-hydrogen) atoms. The van der Waals surface area contributed by atoms with Crippen molar-refractivity contribution in [3.05, 3.63) is 84.5 Å². The monoisotopic (exact) mass is 760 g/mol. The molecule has 0 aliphatic carbocycles. The fourth-order valence-electron chi connectivity index (χ4n) is 3.51. The number of halogens is 5. The van der Waals surface area contributed by atoms with E-state index in [4.69, 9.17) is 51.1 Å². The average molecular weight is 763 g/mol. The molecule has 17 heteroatoms. The summed E-state index contributed by atoms with van der Waals surface area (Å²) in [5, 5.41) is 10.2. The van der Waals surface area contributed by atoms with Gasteiger partial charge in [-0.3, -0.25) is 15.2 Å². The predicted octanol–water partition coefficient (Wildman–Crippen LogP) is 7.74. The Bertz CT molecular complexity index is 1660. The molecule has 0 atom stereocenters. The summed E-state index contributed by atoms with van der Waals surface area (Å²) >= 11 is 30.6. The molecular weight excluding hydrogens is 742 g/mol. The Morgan fingerprint density at radius 1 is 0.930 bits per heavy atom. The molecule has 10 nitrogen and oxygen atoms in total. The first-order valence-corrected chi connectivity index (χ1v) is 16.7. The summed E-state index contributed by atoms with van der Waals surface area (Å²) in [6.45, 7) is 0. The van der Waals surface area contributed by atoms with Gasteiger partial charge in [0.05, 0.1) is 41.9 Å². The number of hydrazone groups is 1. The third-order valence-electron chi connectivity index (χ3n) is 5.49. The van der Waals surface area contributed by atoms with Crippen LogP contribution in [-0.2, 0) is 0 Å². The quantitative estimate of drug-likeness (QED) is 0.119. The van der Waals surface area contributed by atoms with Crippen molar-refractivity contribution in [1.82, 2.24) is 25.4 Å². The smallest absolute Gasteiger partial charge is 0.272 e. The molecule has 0 saturated carbocycles. The SMILES string of the molecule is CSc1ncc(Br)c(N(C)NC(=O)c2c(Cl)cccc2Cl)n1.CSc1ncc2c(n1)N(C)N=C(c1c(Cl)cccc1Cl)O2. The molecular formula is C26H21BrCl4N8O2S2. The van der Waals surface area contributed by atoms with Gasteiger partial charge < -0.3 is 4.74 Å². The van der Waals surface area contributed by atoms with Crippen molar-refractivity contribution in [1.29, 1.82) is 0 Å². The Hall–Kier alpha value is -2.52. The highest BCUT2D eigenvalue weighted by Gasteiger charge is 2.25. The van der Waals surface area contributed by atoms with Crippen molar-refractivity contribution < 1.29 is 9.53 Å². The number of ether oxygens (including phenoxy) is 1. The zero-order valence-corrected chi connectivity index (χ0v) is 29.0. The number of anilines is 2. The van der Waals surface area contributed by atoms with E-state index in [2.05, 4.69) is 46.4 Å². The van der Waals surface area contributed by atoms with Gasteiger partial charge in [0.2, 0.25) is 5.90 Å². The number of thioether (sulfide) groups is 2. The molecule has 1 aliphatic heterocycles. The topological polar surface area (TPSA) is 109 Å². The van der Waals surface area contributed by atoms with E-state index in [0.29, 0.717) is 53.7 Å². The molecule has 0 unspecified atom stereocenters. The third kappa shape index (κ3) is 7.96. The molecule has 0 spiro atoms. The third-order valence-corrected chi connectivity index (χ3v) is 8.43. The van der Waals surface area contributed by atoms with Crippen LogP contribution in [0.4, 0.5) is 11.6 Å².